The monoisotopic (exact) mass is 300 g/mol. The minimum Gasteiger partial charge on any atom is -0.317 e. The summed E-state index contributed by atoms with van der Waals surface area (Å²) in [7, 11) is 1.53. The van der Waals surface area contributed by atoms with Crippen molar-refractivity contribution in [3.8, 4) is 6.07 Å². The number of nitrogens with one attached hydrogen (secondary N) is 1. The average molecular weight is 300 g/mol. The van der Waals surface area contributed by atoms with Crippen LogP contribution in [0.3, 0.4) is 0 Å². The Morgan fingerprint density at radius 2 is 2.00 bits per heavy atom. The molecular weight excluding hydrogens is 280 g/mol. The van der Waals surface area contributed by atoms with Gasteiger partial charge in [0, 0.05) is 18.7 Å². The van der Waals surface area contributed by atoms with E-state index in [0.29, 0.717) is 16.3 Å². The molecule has 6 nitrogen and oxygen atoms in total. The lowest BCUT2D eigenvalue weighted by Crippen LogP contribution is -2.58. The van der Waals surface area contributed by atoms with Gasteiger partial charge in [0.05, 0.1) is 16.8 Å². The minimum atomic E-state index is -0.592. The van der Waals surface area contributed by atoms with Gasteiger partial charge in [-0.2, -0.15) is 5.26 Å². The van der Waals surface area contributed by atoms with Crippen molar-refractivity contribution in [3.05, 3.63) is 43.1 Å². The number of nitrogens with zero attached hydrogens (tertiary/aromatic N) is 3. The van der Waals surface area contributed by atoms with Crippen LogP contribution in [0.25, 0.3) is 12.7 Å². The third-order valence-electron chi connectivity index (χ3n) is 4.06. The molecular formula is C16H20N4O2. The van der Waals surface area contributed by atoms with Gasteiger partial charge in [-0.1, -0.05) is 12.7 Å². The molecule has 1 fully saturated rings. The van der Waals surface area contributed by atoms with Crippen LogP contribution in [0.15, 0.2) is 21.2 Å². The molecule has 1 aromatic heterocycles. The summed E-state index contributed by atoms with van der Waals surface area (Å²) in [6.07, 6.45) is 4.82. The van der Waals surface area contributed by atoms with Crippen molar-refractivity contribution in [2.24, 2.45) is 7.05 Å². The fraction of sp³-hybridized carbons (Fsp3) is 0.438. The largest absolute Gasteiger partial charge is 0.317 e. The molecule has 0 unspecified atom stereocenters. The van der Waals surface area contributed by atoms with Gasteiger partial charge in [0.1, 0.15) is 0 Å². The van der Waals surface area contributed by atoms with Gasteiger partial charge in [-0.05, 0) is 38.9 Å². The maximum Gasteiger partial charge on any atom is 0.317 e. The lowest BCUT2D eigenvalue weighted by atomic mass is 10.1. The van der Waals surface area contributed by atoms with Crippen LogP contribution in [-0.4, -0.2) is 22.2 Å². The number of piperidine rings is 1. The summed E-state index contributed by atoms with van der Waals surface area (Å²) >= 11 is 0. The Kier molecular flexibility index (Phi) is 4.78. The van der Waals surface area contributed by atoms with Gasteiger partial charge in [0.2, 0.25) is 0 Å². The van der Waals surface area contributed by atoms with Gasteiger partial charge in [0.25, 0.3) is 0 Å². The predicted molar refractivity (Wildman–Crippen MR) is 85.7 cm³/mol. The van der Waals surface area contributed by atoms with Crippen LogP contribution in [0.4, 0.5) is 0 Å². The number of rotatable bonds is 2. The van der Waals surface area contributed by atoms with E-state index in [1.165, 1.54) is 16.2 Å². The molecule has 1 aromatic rings. The second kappa shape index (κ2) is 6.58. The van der Waals surface area contributed by atoms with Crippen molar-refractivity contribution in [3.63, 3.8) is 0 Å². The molecule has 0 radical (unpaired) electrons. The highest BCUT2D eigenvalue weighted by atomic mass is 16.2. The van der Waals surface area contributed by atoms with E-state index in [0.717, 1.165) is 25.9 Å². The summed E-state index contributed by atoms with van der Waals surface area (Å²) in [4.78, 5) is 24.6. The van der Waals surface area contributed by atoms with Gasteiger partial charge in [-0.3, -0.25) is 14.2 Å². The van der Waals surface area contributed by atoms with Crippen molar-refractivity contribution in [1.29, 1.82) is 5.26 Å². The van der Waals surface area contributed by atoms with Crippen LogP contribution in [-0.2, 0) is 7.05 Å². The van der Waals surface area contributed by atoms with E-state index in [1.54, 1.807) is 19.1 Å². The molecule has 1 saturated heterocycles. The summed E-state index contributed by atoms with van der Waals surface area (Å²) in [6.45, 7) is 7.36. The quantitative estimate of drug-likeness (QED) is 0.569. The fourth-order valence-electron chi connectivity index (χ4n) is 2.75. The van der Waals surface area contributed by atoms with Crippen LogP contribution >= 0.6 is 0 Å². The smallest absolute Gasteiger partial charge is 0.317 e. The number of aromatic nitrogens is 2. The summed E-state index contributed by atoms with van der Waals surface area (Å²) in [6, 6.07) is 2.02. The standard InChI is InChI=1S/C16H20N4O2/c1-4-12(10-17)9-14-11(2)20(13-5-7-18-8-6-13)16(22)15(21)19(14)3/h4,9,13,18H,2,5-8H2,1,3H3/b12-4+,14-9+. The second-order valence-corrected chi connectivity index (χ2v) is 5.35. The maximum atomic E-state index is 12.4. The predicted octanol–water partition coefficient (Wildman–Crippen LogP) is -0.868. The molecule has 1 aliphatic heterocycles. The van der Waals surface area contributed by atoms with Crippen LogP contribution < -0.4 is 27.1 Å². The van der Waals surface area contributed by atoms with Crippen molar-refractivity contribution >= 4 is 12.7 Å². The number of allylic oxidation sites excluding steroid dienone is 2. The molecule has 0 spiro atoms. The number of hydrogen-bond donors (Lipinski definition) is 1. The molecule has 6 heteroatoms. The summed E-state index contributed by atoms with van der Waals surface area (Å²) < 4.78 is 2.77. The Morgan fingerprint density at radius 1 is 1.36 bits per heavy atom. The molecule has 0 aliphatic carbocycles. The first kappa shape index (κ1) is 16.0. The maximum absolute atomic E-state index is 12.4. The topological polar surface area (TPSA) is 79.8 Å². The third-order valence-corrected chi connectivity index (χ3v) is 4.06. The van der Waals surface area contributed by atoms with Crippen molar-refractivity contribution < 1.29 is 0 Å². The minimum absolute atomic E-state index is 0.0292. The molecule has 116 valence electrons. The summed E-state index contributed by atoms with van der Waals surface area (Å²) in [5.41, 5.74) is -0.712. The molecule has 2 heterocycles. The van der Waals surface area contributed by atoms with Gasteiger partial charge in [-0.25, -0.2) is 0 Å². The molecule has 22 heavy (non-hydrogen) atoms. The zero-order valence-corrected chi connectivity index (χ0v) is 12.9. The van der Waals surface area contributed by atoms with Gasteiger partial charge < -0.3 is 9.88 Å². The van der Waals surface area contributed by atoms with Crippen molar-refractivity contribution in [2.75, 3.05) is 13.1 Å². The Labute approximate surface area is 128 Å². The van der Waals surface area contributed by atoms with Crippen LogP contribution in [0.2, 0.25) is 0 Å². The van der Waals surface area contributed by atoms with E-state index in [-0.39, 0.29) is 6.04 Å². The van der Waals surface area contributed by atoms with E-state index in [4.69, 9.17) is 5.26 Å². The molecule has 0 aromatic carbocycles. The summed E-state index contributed by atoms with van der Waals surface area (Å²) in [5, 5.41) is 13.3. The van der Waals surface area contributed by atoms with E-state index < -0.39 is 11.1 Å². The molecule has 0 saturated carbocycles. The van der Waals surface area contributed by atoms with Gasteiger partial charge in [-0.15, -0.1) is 0 Å². The number of nitriles is 1. The molecule has 1 N–H and O–H groups in total. The Morgan fingerprint density at radius 3 is 2.55 bits per heavy atom. The van der Waals surface area contributed by atoms with Crippen LogP contribution in [0.1, 0.15) is 25.8 Å². The average Bonchev–Trinajstić information content (AvgIpc) is 2.54. The molecule has 0 amide bonds. The van der Waals surface area contributed by atoms with Crippen LogP contribution in [0.5, 0.6) is 0 Å². The molecule has 2 rings (SSSR count). The van der Waals surface area contributed by atoms with E-state index in [2.05, 4.69) is 18.0 Å². The Bertz CT molecular complexity index is 862. The number of hydrogen-bond acceptors (Lipinski definition) is 4. The lowest BCUT2D eigenvalue weighted by Gasteiger charge is -2.25. The van der Waals surface area contributed by atoms with Crippen molar-refractivity contribution in [1.82, 2.24) is 14.5 Å². The molecule has 1 aliphatic rings. The van der Waals surface area contributed by atoms with Gasteiger partial charge in [0.15, 0.2) is 0 Å². The van der Waals surface area contributed by atoms with Crippen molar-refractivity contribution in [2.45, 2.75) is 25.8 Å². The van der Waals surface area contributed by atoms with E-state index in [9.17, 15) is 9.59 Å². The highest BCUT2D eigenvalue weighted by Gasteiger charge is 2.19. The normalized spacial score (nSPS) is 17.5. The molecule has 0 bridgehead atoms. The van der Waals surface area contributed by atoms with Gasteiger partial charge >= 0.3 is 11.1 Å². The Balaban J connectivity index is 2.80. The first-order chi connectivity index (χ1) is 10.5. The van der Waals surface area contributed by atoms with Crippen LogP contribution in [0, 0.1) is 11.3 Å². The lowest BCUT2D eigenvalue weighted by molar-refractivity contribution is 0.349. The molecule has 0 atom stereocenters. The first-order valence-electron chi connectivity index (χ1n) is 7.30. The first-order valence-corrected chi connectivity index (χ1v) is 7.30. The highest BCUT2D eigenvalue weighted by Crippen LogP contribution is 2.13. The summed E-state index contributed by atoms with van der Waals surface area (Å²) in [5.74, 6) is 0. The third kappa shape index (κ3) is 2.81. The fourth-order valence-corrected chi connectivity index (χ4v) is 2.75. The SMILES string of the molecule is C=c1/c(=C\C(C#N)=C/C)n(C)c(=O)c(=O)n1C1CCNCC1. The second-order valence-electron chi connectivity index (χ2n) is 5.35. The van der Waals surface area contributed by atoms with E-state index in [1.807, 2.05) is 0 Å². The zero-order valence-electron chi connectivity index (χ0n) is 12.9. The highest BCUT2D eigenvalue weighted by molar-refractivity contribution is 5.53. The zero-order chi connectivity index (χ0) is 16.3. The Hall–Kier alpha value is -2.39. The van der Waals surface area contributed by atoms with E-state index >= 15 is 0 Å².